The second-order valence-electron chi connectivity index (χ2n) is 6.43. The van der Waals surface area contributed by atoms with Gasteiger partial charge in [-0.3, -0.25) is 9.59 Å². The highest BCUT2D eigenvalue weighted by molar-refractivity contribution is 6.34. The summed E-state index contributed by atoms with van der Waals surface area (Å²) < 4.78 is 0. The molecule has 4 nitrogen and oxygen atoms in total. The van der Waals surface area contributed by atoms with Crippen molar-refractivity contribution in [1.29, 1.82) is 0 Å². The van der Waals surface area contributed by atoms with Crippen LogP contribution >= 0.6 is 11.6 Å². The van der Waals surface area contributed by atoms with Gasteiger partial charge in [0.2, 0.25) is 11.8 Å². The van der Waals surface area contributed by atoms with Gasteiger partial charge in [-0.25, -0.2) is 0 Å². The summed E-state index contributed by atoms with van der Waals surface area (Å²) >= 11 is 6.24. The Kier molecular flexibility index (Phi) is 6.81. The SMILES string of the molecule is CCc1ccc(N(CCC(=O)Nc2c(C)cc(C)cc2Cl)C(C)=O)cc1. The molecule has 0 heterocycles. The first-order valence-electron chi connectivity index (χ1n) is 8.75. The van der Waals surface area contributed by atoms with E-state index in [9.17, 15) is 9.59 Å². The van der Waals surface area contributed by atoms with Crippen LogP contribution in [0.4, 0.5) is 11.4 Å². The number of amides is 2. The zero-order chi connectivity index (χ0) is 19.3. The summed E-state index contributed by atoms with van der Waals surface area (Å²) in [6.45, 7) is 7.77. The molecule has 0 bridgehead atoms. The molecule has 0 saturated heterocycles. The Hall–Kier alpha value is -2.33. The molecule has 2 amide bonds. The van der Waals surface area contributed by atoms with E-state index in [1.165, 1.54) is 12.5 Å². The maximum absolute atomic E-state index is 12.4. The predicted molar refractivity (Wildman–Crippen MR) is 108 cm³/mol. The van der Waals surface area contributed by atoms with Crippen molar-refractivity contribution in [3.8, 4) is 0 Å². The van der Waals surface area contributed by atoms with Gasteiger partial charge in [0.1, 0.15) is 0 Å². The predicted octanol–water partition coefficient (Wildman–Crippen LogP) is 4.90. The first-order valence-corrected chi connectivity index (χ1v) is 9.13. The van der Waals surface area contributed by atoms with E-state index in [1.807, 2.05) is 50.2 Å². The minimum Gasteiger partial charge on any atom is -0.324 e. The van der Waals surface area contributed by atoms with Crippen LogP contribution in [0.15, 0.2) is 36.4 Å². The van der Waals surface area contributed by atoms with E-state index in [0.717, 1.165) is 23.2 Å². The molecule has 0 aliphatic carbocycles. The molecule has 0 saturated carbocycles. The molecule has 2 aromatic carbocycles. The topological polar surface area (TPSA) is 49.4 Å². The van der Waals surface area contributed by atoms with E-state index in [1.54, 1.807) is 4.90 Å². The molecule has 0 aliphatic rings. The number of hydrogen-bond donors (Lipinski definition) is 1. The van der Waals surface area contributed by atoms with Crippen molar-refractivity contribution in [2.75, 3.05) is 16.8 Å². The third-order valence-corrected chi connectivity index (χ3v) is 4.59. The fourth-order valence-electron chi connectivity index (χ4n) is 2.87. The summed E-state index contributed by atoms with van der Waals surface area (Å²) in [6, 6.07) is 11.6. The number of hydrogen-bond acceptors (Lipinski definition) is 2. The minimum absolute atomic E-state index is 0.0911. The number of halogens is 1. The number of aryl methyl sites for hydroxylation is 3. The van der Waals surface area contributed by atoms with Gasteiger partial charge in [0.15, 0.2) is 0 Å². The number of carbonyl (C=O) groups excluding carboxylic acids is 2. The van der Waals surface area contributed by atoms with Gasteiger partial charge in [-0.05, 0) is 55.2 Å². The Morgan fingerprint density at radius 2 is 1.77 bits per heavy atom. The van der Waals surface area contributed by atoms with Crippen molar-refractivity contribution in [3.63, 3.8) is 0 Å². The molecule has 1 N–H and O–H groups in total. The van der Waals surface area contributed by atoms with Crippen LogP contribution < -0.4 is 10.2 Å². The monoisotopic (exact) mass is 372 g/mol. The molecule has 0 atom stereocenters. The van der Waals surface area contributed by atoms with E-state index >= 15 is 0 Å². The quantitative estimate of drug-likeness (QED) is 0.783. The van der Waals surface area contributed by atoms with E-state index in [-0.39, 0.29) is 18.2 Å². The van der Waals surface area contributed by atoms with E-state index in [4.69, 9.17) is 11.6 Å². The van der Waals surface area contributed by atoms with Crippen molar-refractivity contribution < 1.29 is 9.59 Å². The van der Waals surface area contributed by atoms with Gasteiger partial charge in [-0.2, -0.15) is 0 Å². The minimum atomic E-state index is -0.171. The lowest BCUT2D eigenvalue weighted by atomic mass is 10.1. The Balaban J connectivity index is 2.04. The number of carbonyl (C=O) groups is 2. The van der Waals surface area contributed by atoms with Crippen molar-refractivity contribution in [1.82, 2.24) is 0 Å². The largest absolute Gasteiger partial charge is 0.324 e. The standard InChI is InChI=1S/C21H25ClN2O2/c1-5-17-6-8-18(9-7-17)24(16(4)25)11-10-20(26)23-21-15(3)12-14(2)13-19(21)22/h6-9,12-13H,5,10-11H2,1-4H3,(H,23,26). The molecule has 26 heavy (non-hydrogen) atoms. The average Bonchev–Trinajstić information content (AvgIpc) is 2.58. The second-order valence-corrected chi connectivity index (χ2v) is 6.83. The maximum atomic E-state index is 12.4. The van der Waals surface area contributed by atoms with Gasteiger partial charge in [0.05, 0.1) is 10.7 Å². The van der Waals surface area contributed by atoms with Gasteiger partial charge in [0.25, 0.3) is 0 Å². The zero-order valence-electron chi connectivity index (χ0n) is 15.7. The number of anilines is 2. The van der Waals surface area contributed by atoms with Crippen LogP contribution in [0, 0.1) is 13.8 Å². The van der Waals surface area contributed by atoms with Crippen molar-refractivity contribution >= 4 is 34.8 Å². The molecule has 0 spiro atoms. The molecule has 0 aromatic heterocycles. The van der Waals surface area contributed by atoms with Gasteiger partial charge in [-0.1, -0.05) is 36.7 Å². The number of nitrogens with one attached hydrogen (secondary N) is 1. The average molecular weight is 373 g/mol. The Morgan fingerprint density at radius 1 is 1.12 bits per heavy atom. The second kappa shape index (κ2) is 8.86. The summed E-state index contributed by atoms with van der Waals surface area (Å²) in [5.41, 5.74) is 4.60. The zero-order valence-corrected chi connectivity index (χ0v) is 16.5. The van der Waals surface area contributed by atoms with Crippen LogP contribution in [-0.2, 0) is 16.0 Å². The van der Waals surface area contributed by atoms with E-state index in [0.29, 0.717) is 17.3 Å². The summed E-state index contributed by atoms with van der Waals surface area (Å²) in [6.07, 6.45) is 1.14. The Labute approximate surface area is 160 Å². The van der Waals surface area contributed by atoms with Gasteiger partial charge in [0, 0.05) is 25.6 Å². The third kappa shape index (κ3) is 5.09. The normalized spacial score (nSPS) is 10.5. The summed E-state index contributed by atoms with van der Waals surface area (Å²) in [5.74, 6) is -0.262. The van der Waals surface area contributed by atoms with E-state index < -0.39 is 0 Å². The molecule has 2 rings (SSSR count). The first kappa shape index (κ1) is 20.0. The number of rotatable bonds is 6. The van der Waals surface area contributed by atoms with Gasteiger partial charge < -0.3 is 10.2 Å². The van der Waals surface area contributed by atoms with Crippen molar-refractivity contribution in [3.05, 3.63) is 58.1 Å². The molecule has 0 radical (unpaired) electrons. The molecular formula is C21H25ClN2O2. The van der Waals surface area contributed by atoms with Crippen molar-refractivity contribution in [2.45, 2.75) is 40.5 Å². The highest BCUT2D eigenvalue weighted by Gasteiger charge is 2.15. The number of nitrogens with zero attached hydrogens (tertiary/aromatic N) is 1. The van der Waals surface area contributed by atoms with Gasteiger partial charge >= 0.3 is 0 Å². The highest BCUT2D eigenvalue weighted by atomic mass is 35.5. The Morgan fingerprint density at radius 3 is 2.31 bits per heavy atom. The lowest BCUT2D eigenvalue weighted by Gasteiger charge is -2.21. The van der Waals surface area contributed by atoms with Crippen LogP contribution in [0.5, 0.6) is 0 Å². The van der Waals surface area contributed by atoms with Crippen LogP contribution in [0.1, 0.15) is 37.0 Å². The summed E-state index contributed by atoms with van der Waals surface area (Å²) in [5, 5.41) is 3.38. The third-order valence-electron chi connectivity index (χ3n) is 4.30. The molecule has 0 unspecified atom stereocenters. The smallest absolute Gasteiger partial charge is 0.226 e. The fourth-order valence-corrected chi connectivity index (χ4v) is 3.24. The molecular weight excluding hydrogens is 348 g/mol. The van der Waals surface area contributed by atoms with Crippen LogP contribution in [0.3, 0.4) is 0 Å². The van der Waals surface area contributed by atoms with E-state index in [2.05, 4.69) is 12.2 Å². The van der Waals surface area contributed by atoms with Crippen LogP contribution in [0.25, 0.3) is 0 Å². The summed E-state index contributed by atoms with van der Waals surface area (Å²) in [4.78, 5) is 26.0. The lowest BCUT2D eigenvalue weighted by Crippen LogP contribution is -2.32. The summed E-state index contributed by atoms with van der Waals surface area (Å²) in [7, 11) is 0. The fraction of sp³-hybridized carbons (Fsp3) is 0.333. The molecule has 138 valence electrons. The molecule has 0 aliphatic heterocycles. The van der Waals surface area contributed by atoms with Crippen LogP contribution in [-0.4, -0.2) is 18.4 Å². The highest BCUT2D eigenvalue weighted by Crippen LogP contribution is 2.27. The first-order chi connectivity index (χ1) is 12.3. The molecule has 0 fully saturated rings. The molecule has 5 heteroatoms. The molecule has 2 aromatic rings. The maximum Gasteiger partial charge on any atom is 0.226 e. The van der Waals surface area contributed by atoms with Crippen molar-refractivity contribution in [2.24, 2.45) is 0 Å². The number of benzene rings is 2. The van der Waals surface area contributed by atoms with Gasteiger partial charge in [-0.15, -0.1) is 0 Å². The van der Waals surface area contributed by atoms with Crippen LogP contribution in [0.2, 0.25) is 5.02 Å². The Bertz CT molecular complexity index is 777. The lowest BCUT2D eigenvalue weighted by molar-refractivity contribution is -0.117.